The Labute approximate surface area is 107 Å². The number of anilines is 1. The third kappa shape index (κ3) is 4.05. The number of amides is 1. The molecule has 0 bridgehead atoms. The quantitative estimate of drug-likeness (QED) is 0.774. The third-order valence-corrected chi connectivity index (χ3v) is 2.92. The van der Waals surface area contributed by atoms with E-state index in [1.54, 1.807) is 18.5 Å². The van der Waals surface area contributed by atoms with Gasteiger partial charge in [-0.1, -0.05) is 0 Å². The van der Waals surface area contributed by atoms with E-state index in [4.69, 9.17) is 0 Å². The second-order valence-electron chi connectivity index (χ2n) is 4.61. The lowest BCUT2D eigenvalue weighted by atomic mass is 10.2. The molecule has 1 aliphatic heterocycles. The number of aromatic nitrogens is 2. The average molecular weight is 249 g/mol. The Morgan fingerprint density at radius 1 is 1.56 bits per heavy atom. The molecule has 1 aromatic heterocycles. The van der Waals surface area contributed by atoms with E-state index in [-0.39, 0.29) is 5.91 Å². The molecule has 0 radical (unpaired) electrons. The first-order valence-electron chi connectivity index (χ1n) is 6.23. The van der Waals surface area contributed by atoms with Gasteiger partial charge in [-0.15, -0.1) is 0 Å². The number of carbonyl (C=O) groups excluding carboxylic acids is 1. The molecule has 1 aromatic rings. The van der Waals surface area contributed by atoms with E-state index in [0.717, 1.165) is 13.1 Å². The van der Waals surface area contributed by atoms with Gasteiger partial charge in [0.15, 0.2) is 0 Å². The SMILES string of the molecule is CN(CC(=O)Nc1ncccn1)CC1CCCN1. The van der Waals surface area contributed by atoms with E-state index in [1.165, 1.54) is 12.8 Å². The molecule has 6 nitrogen and oxygen atoms in total. The highest BCUT2D eigenvalue weighted by atomic mass is 16.2. The fraction of sp³-hybridized carbons (Fsp3) is 0.583. The molecule has 6 heteroatoms. The maximum absolute atomic E-state index is 11.7. The van der Waals surface area contributed by atoms with Crippen molar-refractivity contribution in [1.82, 2.24) is 20.2 Å². The van der Waals surface area contributed by atoms with Gasteiger partial charge in [-0.3, -0.25) is 15.0 Å². The Bertz CT molecular complexity index is 377. The molecule has 0 aliphatic carbocycles. The van der Waals surface area contributed by atoms with E-state index in [0.29, 0.717) is 18.5 Å². The Morgan fingerprint density at radius 2 is 2.33 bits per heavy atom. The first kappa shape index (κ1) is 12.9. The van der Waals surface area contributed by atoms with Gasteiger partial charge in [0.2, 0.25) is 11.9 Å². The van der Waals surface area contributed by atoms with Crippen LogP contribution in [0.5, 0.6) is 0 Å². The van der Waals surface area contributed by atoms with Gasteiger partial charge in [0.05, 0.1) is 6.54 Å². The van der Waals surface area contributed by atoms with Crippen LogP contribution in [0.15, 0.2) is 18.5 Å². The van der Waals surface area contributed by atoms with Crippen molar-refractivity contribution >= 4 is 11.9 Å². The van der Waals surface area contributed by atoms with Crippen molar-refractivity contribution in [1.29, 1.82) is 0 Å². The van der Waals surface area contributed by atoms with E-state index in [1.807, 2.05) is 11.9 Å². The Hall–Kier alpha value is -1.53. The molecule has 98 valence electrons. The van der Waals surface area contributed by atoms with Gasteiger partial charge < -0.3 is 5.32 Å². The van der Waals surface area contributed by atoms with Gasteiger partial charge in [0.25, 0.3) is 0 Å². The number of nitrogens with one attached hydrogen (secondary N) is 2. The molecule has 2 rings (SSSR count). The van der Waals surface area contributed by atoms with Crippen molar-refractivity contribution in [3.05, 3.63) is 18.5 Å². The van der Waals surface area contributed by atoms with Gasteiger partial charge in [-0.05, 0) is 32.5 Å². The van der Waals surface area contributed by atoms with Crippen LogP contribution in [0.3, 0.4) is 0 Å². The number of hydrogen-bond donors (Lipinski definition) is 2. The largest absolute Gasteiger partial charge is 0.313 e. The highest BCUT2D eigenvalue weighted by Crippen LogP contribution is 2.05. The first-order valence-corrected chi connectivity index (χ1v) is 6.23. The molecular weight excluding hydrogens is 230 g/mol. The average Bonchev–Trinajstić information content (AvgIpc) is 2.82. The molecule has 18 heavy (non-hydrogen) atoms. The Balaban J connectivity index is 1.73. The highest BCUT2D eigenvalue weighted by molar-refractivity contribution is 5.90. The second-order valence-corrected chi connectivity index (χ2v) is 4.61. The Morgan fingerprint density at radius 3 is 3.00 bits per heavy atom. The summed E-state index contributed by atoms with van der Waals surface area (Å²) in [7, 11) is 1.95. The van der Waals surface area contributed by atoms with Crippen LogP contribution in [0.2, 0.25) is 0 Å². The molecule has 0 aromatic carbocycles. The zero-order valence-electron chi connectivity index (χ0n) is 10.6. The van der Waals surface area contributed by atoms with Crippen LogP contribution in [0.1, 0.15) is 12.8 Å². The highest BCUT2D eigenvalue weighted by Gasteiger charge is 2.17. The fourth-order valence-electron chi connectivity index (χ4n) is 2.13. The summed E-state index contributed by atoms with van der Waals surface area (Å²) in [6.45, 7) is 2.34. The molecular formula is C12H19N5O. The van der Waals surface area contributed by atoms with Gasteiger partial charge >= 0.3 is 0 Å². The summed E-state index contributed by atoms with van der Waals surface area (Å²) in [6, 6.07) is 2.23. The smallest absolute Gasteiger partial charge is 0.240 e. The van der Waals surface area contributed by atoms with Crippen LogP contribution >= 0.6 is 0 Å². The van der Waals surface area contributed by atoms with Gasteiger partial charge in [0, 0.05) is 25.0 Å². The summed E-state index contributed by atoms with van der Waals surface area (Å²) >= 11 is 0. The second kappa shape index (κ2) is 6.42. The van der Waals surface area contributed by atoms with Crippen molar-refractivity contribution < 1.29 is 4.79 Å². The standard InChI is InChI=1S/C12H19N5O/c1-17(8-10-4-2-5-13-10)9-11(18)16-12-14-6-3-7-15-12/h3,6-7,10,13H,2,4-5,8-9H2,1H3,(H,14,15,16,18). The lowest BCUT2D eigenvalue weighted by Gasteiger charge is -2.20. The zero-order valence-corrected chi connectivity index (χ0v) is 10.6. The normalized spacial score (nSPS) is 19.1. The van der Waals surface area contributed by atoms with Gasteiger partial charge in [-0.2, -0.15) is 0 Å². The van der Waals surface area contributed by atoms with Crippen molar-refractivity contribution in [2.45, 2.75) is 18.9 Å². The van der Waals surface area contributed by atoms with Gasteiger partial charge in [-0.25, -0.2) is 9.97 Å². The summed E-state index contributed by atoms with van der Waals surface area (Å²) in [6.07, 6.45) is 5.62. The topological polar surface area (TPSA) is 70.2 Å². The maximum Gasteiger partial charge on any atom is 0.240 e. The monoisotopic (exact) mass is 249 g/mol. The van der Waals surface area contributed by atoms with Crippen LogP contribution < -0.4 is 10.6 Å². The molecule has 1 unspecified atom stereocenters. The Kier molecular flexibility index (Phi) is 4.60. The number of rotatable bonds is 5. The molecule has 2 heterocycles. The first-order chi connectivity index (χ1) is 8.74. The number of carbonyl (C=O) groups is 1. The summed E-state index contributed by atoms with van der Waals surface area (Å²) in [5.74, 6) is 0.275. The predicted octanol–water partition coefficient (Wildman–Crippen LogP) is 0.0989. The number of nitrogens with zero attached hydrogens (tertiary/aromatic N) is 3. The molecule has 2 N–H and O–H groups in total. The van der Waals surface area contributed by atoms with Gasteiger partial charge in [0.1, 0.15) is 0 Å². The number of likely N-dealkylation sites (N-methyl/N-ethyl adjacent to an activating group) is 1. The van der Waals surface area contributed by atoms with Crippen molar-refractivity contribution in [3.63, 3.8) is 0 Å². The fourth-order valence-corrected chi connectivity index (χ4v) is 2.13. The molecule has 1 atom stereocenters. The van der Waals surface area contributed by atoms with Crippen molar-refractivity contribution in [2.75, 3.05) is 32.0 Å². The van der Waals surface area contributed by atoms with Crippen LogP contribution in [-0.4, -0.2) is 53.5 Å². The van der Waals surface area contributed by atoms with E-state index < -0.39 is 0 Å². The summed E-state index contributed by atoms with van der Waals surface area (Å²) in [4.78, 5) is 21.7. The zero-order chi connectivity index (χ0) is 12.8. The van der Waals surface area contributed by atoms with Crippen LogP contribution in [0, 0.1) is 0 Å². The molecule has 0 spiro atoms. The van der Waals surface area contributed by atoms with Crippen LogP contribution in [-0.2, 0) is 4.79 Å². The number of hydrogen-bond acceptors (Lipinski definition) is 5. The molecule has 1 amide bonds. The van der Waals surface area contributed by atoms with Crippen molar-refractivity contribution in [3.8, 4) is 0 Å². The lowest BCUT2D eigenvalue weighted by Crippen LogP contribution is -2.39. The summed E-state index contributed by atoms with van der Waals surface area (Å²) in [5.41, 5.74) is 0. The molecule has 1 aliphatic rings. The maximum atomic E-state index is 11.7. The molecule has 0 saturated carbocycles. The predicted molar refractivity (Wildman–Crippen MR) is 69.2 cm³/mol. The minimum atomic E-state index is -0.0818. The third-order valence-electron chi connectivity index (χ3n) is 2.92. The summed E-state index contributed by atoms with van der Waals surface area (Å²) < 4.78 is 0. The minimum absolute atomic E-state index is 0.0818. The van der Waals surface area contributed by atoms with E-state index >= 15 is 0 Å². The summed E-state index contributed by atoms with van der Waals surface area (Å²) in [5, 5.41) is 6.09. The van der Waals surface area contributed by atoms with Crippen LogP contribution in [0.4, 0.5) is 5.95 Å². The van der Waals surface area contributed by atoms with E-state index in [9.17, 15) is 4.79 Å². The van der Waals surface area contributed by atoms with E-state index in [2.05, 4.69) is 20.6 Å². The van der Waals surface area contributed by atoms with Crippen LogP contribution in [0.25, 0.3) is 0 Å². The van der Waals surface area contributed by atoms with Crippen molar-refractivity contribution in [2.24, 2.45) is 0 Å². The lowest BCUT2D eigenvalue weighted by molar-refractivity contribution is -0.117. The molecule has 1 fully saturated rings. The minimum Gasteiger partial charge on any atom is -0.313 e. The molecule has 1 saturated heterocycles.